The molecule has 0 N–H and O–H groups in total. The molecule has 3 rings (SSSR count). The Balaban J connectivity index is 1.61. The van der Waals surface area contributed by atoms with Crippen molar-refractivity contribution in [2.75, 3.05) is 13.2 Å². The van der Waals surface area contributed by atoms with Gasteiger partial charge in [-0.05, 0) is 19.1 Å². The van der Waals surface area contributed by atoms with Gasteiger partial charge >= 0.3 is 11.9 Å². The summed E-state index contributed by atoms with van der Waals surface area (Å²) in [4.78, 5) is 37.5. The lowest BCUT2D eigenvalue weighted by atomic mass is 10.1. The lowest BCUT2D eigenvalue weighted by Crippen LogP contribution is -2.30. The van der Waals surface area contributed by atoms with Crippen LogP contribution >= 0.6 is 0 Å². The number of hydrogen-bond donors (Lipinski definition) is 0. The average molecular weight is 355 g/mol. The minimum atomic E-state index is -0.640. The van der Waals surface area contributed by atoms with Gasteiger partial charge in [-0.25, -0.2) is 4.79 Å². The zero-order chi connectivity index (χ0) is 18.7. The second-order valence-electron chi connectivity index (χ2n) is 5.52. The maximum absolute atomic E-state index is 12.4. The molecule has 0 fully saturated rings. The minimum absolute atomic E-state index is 0.187. The first kappa shape index (κ1) is 17.5. The van der Waals surface area contributed by atoms with E-state index in [1.165, 1.54) is 17.2 Å². The number of benzene rings is 1. The molecule has 1 aliphatic heterocycles. The number of fused-ring (bicyclic) bond motifs is 1. The zero-order valence-electron chi connectivity index (χ0n) is 14.2. The molecule has 0 aliphatic carbocycles. The quantitative estimate of drug-likeness (QED) is 0.741. The van der Waals surface area contributed by atoms with E-state index in [2.05, 4.69) is 6.58 Å². The summed E-state index contributed by atoms with van der Waals surface area (Å²) in [5.74, 6) is -1.30. The molecule has 2 heterocycles. The number of nitrogens with zero attached hydrogens (tertiary/aromatic N) is 1. The van der Waals surface area contributed by atoms with Crippen molar-refractivity contribution < 1.29 is 28.3 Å². The van der Waals surface area contributed by atoms with Crippen molar-refractivity contribution in [1.82, 2.24) is 4.90 Å². The largest absolute Gasteiger partial charge is 0.465 e. The molecule has 0 saturated heterocycles. The van der Waals surface area contributed by atoms with Gasteiger partial charge in [-0.3, -0.25) is 14.5 Å². The molecule has 26 heavy (non-hydrogen) atoms. The second-order valence-corrected chi connectivity index (χ2v) is 5.52. The topological polar surface area (TPSA) is 86.0 Å². The molecule has 0 unspecified atom stereocenters. The predicted molar refractivity (Wildman–Crippen MR) is 91.0 cm³/mol. The van der Waals surface area contributed by atoms with E-state index >= 15 is 0 Å². The highest BCUT2D eigenvalue weighted by atomic mass is 16.5. The van der Waals surface area contributed by atoms with Crippen LogP contribution in [-0.2, 0) is 20.9 Å². The van der Waals surface area contributed by atoms with Crippen LogP contribution in [0.3, 0.4) is 0 Å². The molecule has 1 aromatic heterocycles. The smallest absolute Gasteiger partial charge is 0.341 e. The van der Waals surface area contributed by atoms with Crippen molar-refractivity contribution in [2.24, 2.45) is 0 Å². The number of hydrogen-bond acceptors (Lipinski definition) is 6. The molecule has 1 aromatic carbocycles. The van der Waals surface area contributed by atoms with Gasteiger partial charge in [0.1, 0.15) is 18.7 Å². The van der Waals surface area contributed by atoms with Crippen molar-refractivity contribution in [2.45, 2.75) is 13.5 Å². The molecule has 1 aliphatic rings. The molecule has 7 nitrogen and oxygen atoms in total. The molecule has 7 heteroatoms. The van der Waals surface area contributed by atoms with E-state index in [9.17, 15) is 14.4 Å². The molecule has 0 spiro atoms. The summed E-state index contributed by atoms with van der Waals surface area (Å²) in [5.41, 5.74) is 1.85. The number of amides is 1. The highest BCUT2D eigenvalue weighted by molar-refractivity contribution is 6.10. The van der Waals surface area contributed by atoms with Crippen LogP contribution in [0.15, 0.2) is 47.6 Å². The fraction of sp³-hybridized carbons (Fsp3) is 0.211. The SMILES string of the molecule is C=C1c2ccccc2C(=O)N1CC(=O)OCc1occc1C(=O)OCC. The van der Waals surface area contributed by atoms with Gasteiger partial charge in [0.25, 0.3) is 5.91 Å². The maximum atomic E-state index is 12.4. The van der Waals surface area contributed by atoms with Gasteiger partial charge in [-0.2, -0.15) is 0 Å². The van der Waals surface area contributed by atoms with Crippen LogP contribution in [0, 0.1) is 0 Å². The van der Waals surface area contributed by atoms with Gasteiger partial charge < -0.3 is 13.9 Å². The van der Waals surface area contributed by atoms with E-state index < -0.39 is 11.9 Å². The molecule has 0 saturated carbocycles. The molecule has 1 amide bonds. The Morgan fingerprint density at radius 3 is 2.58 bits per heavy atom. The Morgan fingerprint density at radius 1 is 1.15 bits per heavy atom. The third-order valence-corrected chi connectivity index (χ3v) is 3.93. The fourth-order valence-corrected chi connectivity index (χ4v) is 2.67. The number of esters is 2. The van der Waals surface area contributed by atoms with E-state index in [0.29, 0.717) is 16.8 Å². The van der Waals surface area contributed by atoms with Gasteiger partial charge in [0.15, 0.2) is 5.76 Å². The summed E-state index contributed by atoms with van der Waals surface area (Å²) in [5, 5.41) is 0. The van der Waals surface area contributed by atoms with Crippen LogP contribution in [0.1, 0.15) is 39.0 Å². The Hall–Kier alpha value is -3.35. The van der Waals surface area contributed by atoms with E-state index in [1.54, 1.807) is 31.2 Å². The number of carbonyl (C=O) groups excluding carboxylic acids is 3. The maximum Gasteiger partial charge on any atom is 0.341 e. The molecule has 0 atom stereocenters. The molecular weight excluding hydrogens is 338 g/mol. The highest BCUT2D eigenvalue weighted by Crippen LogP contribution is 2.30. The first-order valence-corrected chi connectivity index (χ1v) is 8.02. The molecule has 0 radical (unpaired) electrons. The summed E-state index contributed by atoms with van der Waals surface area (Å²) in [6.07, 6.45) is 1.32. The highest BCUT2D eigenvalue weighted by Gasteiger charge is 2.32. The van der Waals surface area contributed by atoms with Gasteiger partial charge in [0.2, 0.25) is 0 Å². The Bertz CT molecular complexity index is 847. The van der Waals surface area contributed by atoms with Crippen LogP contribution < -0.4 is 0 Å². The number of rotatable bonds is 6. The van der Waals surface area contributed by atoms with Crippen LogP contribution in [0.25, 0.3) is 5.70 Å². The van der Waals surface area contributed by atoms with E-state index in [1.807, 2.05) is 0 Å². The van der Waals surface area contributed by atoms with Crippen LogP contribution in [-0.4, -0.2) is 35.9 Å². The zero-order valence-corrected chi connectivity index (χ0v) is 14.2. The first-order valence-electron chi connectivity index (χ1n) is 8.02. The molecule has 2 aromatic rings. The normalized spacial score (nSPS) is 12.9. The van der Waals surface area contributed by atoms with Gasteiger partial charge in [-0.15, -0.1) is 0 Å². The molecule has 134 valence electrons. The van der Waals surface area contributed by atoms with Crippen LogP contribution in [0.5, 0.6) is 0 Å². The fourth-order valence-electron chi connectivity index (χ4n) is 2.67. The van der Waals surface area contributed by atoms with E-state index in [4.69, 9.17) is 13.9 Å². The first-order chi connectivity index (χ1) is 12.5. The molecule has 0 bridgehead atoms. The van der Waals surface area contributed by atoms with Crippen LogP contribution in [0.2, 0.25) is 0 Å². The van der Waals surface area contributed by atoms with Crippen molar-refractivity contribution >= 4 is 23.5 Å². The Kier molecular flexibility index (Phi) is 4.88. The number of furan rings is 1. The van der Waals surface area contributed by atoms with Crippen molar-refractivity contribution in [3.05, 3.63) is 65.6 Å². The molecular formula is C19H17NO6. The van der Waals surface area contributed by atoms with E-state index in [-0.39, 0.29) is 37.0 Å². The predicted octanol–water partition coefficient (Wildman–Crippen LogP) is 2.63. The minimum Gasteiger partial charge on any atom is -0.465 e. The number of carbonyl (C=O) groups is 3. The van der Waals surface area contributed by atoms with Crippen LogP contribution in [0.4, 0.5) is 0 Å². The lowest BCUT2D eigenvalue weighted by Gasteiger charge is -2.16. The summed E-state index contributed by atoms with van der Waals surface area (Å²) in [6, 6.07) is 8.45. The monoisotopic (exact) mass is 355 g/mol. The van der Waals surface area contributed by atoms with E-state index in [0.717, 1.165) is 0 Å². The van der Waals surface area contributed by atoms with Gasteiger partial charge in [0.05, 0.1) is 12.9 Å². The third-order valence-electron chi connectivity index (χ3n) is 3.93. The summed E-state index contributed by atoms with van der Waals surface area (Å²) in [7, 11) is 0. The Morgan fingerprint density at radius 2 is 1.88 bits per heavy atom. The van der Waals surface area contributed by atoms with Crippen molar-refractivity contribution in [3.8, 4) is 0 Å². The standard InChI is InChI=1S/C19H17NO6/c1-3-24-19(23)15-8-9-25-16(15)11-26-17(21)10-20-12(2)13-6-4-5-7-14(13)18(20)22/h4-9H,2-3,10-11H2,1H3. The Labute approximate surface area is 149 Å². The average Bonchev–Trinajstić information content (AvgIpc) is 3.20. The van der Waals surface area contributed by atoms with Gasteiger partial charge in [0, 0.05) is 16.8 Å². The number of ether oxygens (including phenoxy) is 2. The summed E-state index contributed by atoms with van der Waals surface area (Å²) >= 11 is 0. The van der Waals surface area contributed by atoms with Crippen molar-refractivity contribution in [3.63, 3.8) is 0 Å². The second kappa shape index (κ2) is 7.26. The van der Waals surface area contributed by atoms with Gasteiger partial charge in [-0.1, -0.05) is 24.8 Å². The summed E-state index contributed by atoms with van der Waals surface area (Å²) in [6.45, 7) is 5.27. The summed E-state index contributed by atoms with van der Waals surface area (Å²) < 4.78 is 15.2. The lowest BCUT2D eigenvalue weighted by molar-refractivity contribution is -0.145. The third kappa shape index (κ3) is 3.23. The van der Waals surface area contributed by atoms with Crippen molar-refractivity contribution in [1.29, 1.82) is 0 Å².